The van der Waals surface area contributed by atoms with Crippen molar-refractivity contribution in [3.05, 3.63) is 53.0 Å². The average molecular weight is 496 g/mol. The molecule has 3 unspecified atom stereocenters. The number of amides is 3. The fraction of sp³-hybridized carbons (Fsp3) is 0.423. The number of anilines is 1. The lowest BCUT2D eigenvalue weighted by Crippen LogP contribution is -2.53. The van der Waals surface area contributed by atoms with E-state index in [-0.39, 0.29) is 30.1 Å². The van der Waals surface area contributed by atoms with E-state index in [1.54, 1.807) is 13.8 Å². The van der Waals surface area contributed by atoms with Gasteiger partial charge < -0.3 is 16.0 Å². The lowest BCUT2D eigenvalue weighted by Gasteiger charge is -2.26. The van der Waals surface area contributed by atoms with E-state index in [9.17, 15) is 14.4 Å². The topological polar surface area (TPSA) is 113 Å². The van der Waals surface area contributed by atoms with Gasteiger partial charge in [-0.25, -0.2) is 0 Å². The summed E-state index contributed by atoms with van der Waals surface area (Å²) < 4.78 is 0. The van der Waals surface area contributed by atoms with E-state index in [4.69, 9.17) is 0 Å². The van der Waals surface area contributed by atoms with Gasteiger partial charge in [-0.15, -0.1) is 10.2 Å². The highest BCUT2D eigenvalue weighted by molar-refractivity contribution is 7.15. The molecule has 3 atom stereocenters. The Morgan fingerprint density at radius 2 is 1.63 bits per heavy atom. The zero-order valence-corrected chi connectivity index (χ0v) is 21.6. The summed E-state index contributed by atoms with van der Waals surface area (Å²) in [7, 11) is 0. The third-order valence-corrected chi connectivity index (χ3v) is 6.96. The Morgan fingerprint density at radius 3 is 2.29 bits per heavy atom. The van der Waals surface area contributed by atoms with Crippen molar-refractivity contribution in [1.82, 2.24) is 20.8 Å². The lowest BCUT2D eigenvalue weighted by molar-refractivity contribution is -0.130. The van der Waals surface area contributed by atoms with Crippen LogP contribution < -0.4 is 16.0 Å². The minimum atomic E-state index is -0.712. The first-order chi connectivity index (χ1) is 16.7. The maximum absolute atomic E-state index is 13.0. The molecule has 0 fully saturated rings. The average Bonchev–Trinajstić information content (AvgIpc) is 3.29. The molecule has 3 N–H and O–H groups in total. The number of hydrogen-bond acceptors (Lipinski definition) is 6. The maximum atomic E-state index is 13.0. The minimum absolute atomic E-state index is 0.124. The molecule has 0 aliphatic rings. The highest BCUT2D eigenvalue weighted by Crippen LogP contribution is 2.18. The van der Waals surface area contributed by atoms with Gasteiger partial charge in [0.1, 0.15) is 11.0 Å². The SMILES string of the molecule is CCc1nnc(NC(=O)C(C)C(C)NC(=O)C(NC(=O)Cc2ccc3ccccc3c2)C(C)C)s1. The molecule has 3 amide bonds. The van der Waals surface area contributed by atoms with E-state index in [1.807, 2.05) is 63.2 Å². The van der Waals surface area contributed by atoms with Gasteiger partial charge in [-0.3, -0.25) is 14.4 Å². The summed E-state index contributed by atoms with van der Waals surface area (Å²) in [6.07, 6.45) is 0.927. The van der Waals surface area contributed by atoms with Gasteiger partial charge in [0.05, 0.1) is 12.3 Å². The van der Waals surface area contributed by atoms with Crippen molar-refractivity contribution in [1.29, 1.82) is 0 Å². The van der Waals surface area contributed by atoms with Crippen LogP contribution in [-0.4, -0.2) is 40.0 Å². The van der Waals surface area contributed by atoms with Crippen LogP contribution in [0.3, 0.4) is 0 Å². The molecule has 3 rings (SSSR count). The van der Waals surface area contributed by atoms with Gasteiger partial charge in [0, 0.05) is 6.04 Å². The number of nitrogens with zero attached hydrogens (tertiary/aromatic N) is 2. The van der Waals surface area contributed by atoms with Gasteiger partial charge >= 0.3 is 0 Å². The summed E-state index contributed by atoms with van der Waals surface area (Å²) in [6.45, 7) is 9.24. The van der Waals surface area contributed by atoms with Crippen LogP contribution in [0.4, 0.5) is 5.13 Å². The van der Waals surface area contributed by atoms with Crippen molar-refractivity contribution in [2.24, 2.45) is 11.8 Å². The van der Waals surface area contributed by atoms with Crippen molar-refractivity contribution in [2.45, 2.75) is 59.5 Å². The van der Waals surface area contributed by atoms with E-state index >= 15 is 0 Å². The lowest BCUT2D eigenvalue weighted by atomic mass is 9.99. The van der Waals surface area contributed by atoms with Gasteiger partial charge in [0.2, 0.25) is 22.9 Å². The molecule has 0 saturated carbocycles. The van der Waals surface area contributed by atoms with Crippen molar-refractivity contribution in [2.75, 3.05) is 5.32 Å². The van der Waals surface area contributed by atoms with Crippen LogP contribution in [0.2, 0.25) is 0 Å². The zero-order valence-electron chi connectivity index (χ0n) is 20.8. The Hall–Kier alpha value is -3.33. The maximum Gasteiger partial charge on any atom is 0.243 e. The number of carbonyl (C=O) groups excluding carboxylic acids is 3. The van der Waals surface area contributed by atoms with Gasteiger partial charge in [-0.2, -0.15) is 0 Å². The summed E-state index contributed by atoms with van der Waals surface area (Å²) in [5, 5.41) is 19.9. The zero-order chi connectivity index (χ0) is 25.5. The van der Waals surface area contributed by atoms with Gasteiger partial charge in [0.15, 0.2) is 0 Å². The molecule has 8 nitrogen and oxygen atoms in total. The molecule has 186 valence electrons. The Bertz CT molecular complexity index is 1190. The van der Waals surface area contributed by atoms with E-state index in [1.165, 1.54) is 11.3 Å². The number of nitrogens with one attached hydrogen (secondary N) is 3. The molecule has 35 heavy (non-hydrogen) atoms. The predicted molar refractivity (Wildman–Crippen MR) is 139 cm³/mol. The standard InChI is InChI=1S/C26H33N5O3S/c1-6-22-30-31-26(35-22)29-24(33)16(4)17(5)27-25(34)23(15(2)3)28-21(32)14-18-11-12-19-9-7-8-10-20(19)13-18/h7-13,15-17,23H,6,14H2,1-5H3,(H,27,34)(H,28,32)(H,29,31,33). The second-order valence-corrected chi connectivity index (χ2v) is 10.1. The molecule has 0 radical (unpaired) electrons. The molecule has 9 heteroatoms. The van der Waals surface area contributed by atoms with Crippen LogP contribution >= 0.6 is 11.3 Å². The van der Waals surface area contributed by atoms with Crippen LogP contribution in [0.25, 0.3) is 10.8 Å². The van der Waals surface area contributed by atoms with E-state index in [2.05, 4.69) is 26.1 Å². The molecule has 1 aromatic heterocycles. The van der Waals surface area contributed by atoms with Gasteiger partial charge in [-0.1, -0.05) is 81.5 Å². The molecule has 0 aliphatic heterocycles. The van der Waals surface area contributed by atoms with E-state index in [0.717, 1.165) is 27.8 Å². The Morgan fingerprint density at radius 1 is 0.914 bits per heavy atom. The van der Waals surface area contributed by atoms with Gasteiger partial charge in [-0.05, 0) is 35.6 Å². The Balaban J connectivity index is 1.57. The van der Waals surface area contributed by atoms with Gasteiger partial charge in [0.25, 0.3) is 0 Å². The van der Waals surface area contributed by atoms with Crippen LogP contribution in [0, 0.1) is 11.8 Å². The predicted octanol–water partition coefficient (Wildman–Crippen LogP) is 3.72. The van der Waals surface area contributed by atoms with Crippen LogP contribution in [0.5, 0.6) is 0 Å². The highest BCUT2D eigenvalue weighted by atomic mass is 32.1. The second kappa shape index (κ2) is 11.9. The molecular formula is C26H33N5O3S. The summed E-state index contributed by atoms with van der Waals surface area (Å²) in [5.74, 6) is -1.42. The van der Waals surface area contributed by atoms with Crippen molar-refractivity contribution in [3.63, 3.8) is 0 Å². The van der Waals surface area contributed by atoms with E-state index in [0.29, 0.717) is 5.13 Å². The summed E-state index contributed by atoms with van der Waals surface area (Å²) in [6, 6.07) is 12.7. The largest absolute Gasteiger partial charge is 0.351 e. The monoisotopic (exact) mass is 495 g/mol. The number of aryl methyl sites for hydroxylation is 1. The molecule has 1 heterocycles. The van der Waals surface area contributed by atoms with E-state index < -0.39 is 18.0 Å². The van der Waals surface area contributed by atoms with Crippen molar-refractivity contribution < 1.29 is 14.4 Å². The third-order valence-electron chi connectivity index (χ3n) is 5.98. The number of aromatic nitrogens is 2. The quantitative estimate of drug-likeness (QED) is 0.397. The normalized spacial score (nSPS) is 13.8. The van der Waals surface area contributed by atoms with Crippen LogP contribution in [0.1, 0.15) is 45.2 Å². The van der Waals surface area contributed by atoms with Crippen LogP contribution in [0.15, 0.2) is 42.5 Å². The number of fused-ring (bicyclic) bond motifs is 1. The number of hydrogen-bond donors (Lipinski definition) is 3. The molecule has 0 spiro atoms. The number of carbonyl (C=O) groups is 3. The third kappa shape index (κ3) is 7.08. The first-order valence-corrected chi connectivity index (χ1v) is 12.7. The fourth-order valence-corrected chi connectivity index (χ4v) is 4.31. The first kappa shape index (κ1) is 26.3. The molecule has 2 aromatic carbocycles. The molecule has 3 aromatic rings. The number of rotatable bonds is 10. The molecule has 0 aliphatic carbocycles. The molecule has 0 saturated heterocycles. The van der Waals surface area contributed by atoms with Crippen molar-refractivity contribution >= 4 is 45.0 Å². The Labute approximate surface area is 209 Å². The summed E-state index contributed by atoms with van der Waals surface area (Å²) in [4.78, 5) is 38.4. The molecular weight excluding hydrogens is 462 g/mol. The number of benzene rings is 2. The second-order valence-electron chi connectivity index (χ2n) is 9.08. The highest BCUT2D eigenvalue weighted by Gasteiger charge is 2.29. The van der Waals surface area contributed by atoms with Crippen LogP contribution in [-0.2, 0) is 27.2 Å². The minimum Gasteiger partial charge on any atom is -0.351 e. The Kier molecular flexibility index (Phi) is 8.92. The molecule has 0 bridgehead atoms. The summed E-state index contributed by atoms with van der Waals surface area (Å²) >= 11 is 1.33. The fourth-order valence-electron chi connectivity index (χ4n) is 3.63. The van der Waals surface area contributed by atoms with Crippen molar-refractivity contribution in [3.8, 4) is 0 Å². The first-order valence-electron chi connectivity index (χ1n) is 11.9. The smallest absolute Gasteiger partial charge is 0.243 e. The summed E-state index contributed by atoms with van der Waals surface area (Å²) in [5.41, 5.74) is 0.880.